The average Bonchev–Trinajstić information content (AvgIpc) is 2.62. The molecule has 0 aromatic heterocycles. The van der Waals surface area contributed by atoms with Crippen molar-refractivity contribution in [2.75, 3.05) is 37.4 Å². The molecule has 0 bridgehead atoms. The van der Waals surface area contributed by atoms with Crippen molar-refractivity contribution in [2.45, 2.75) is 13.0 Å². The molecule has 1 atom stereocenters. The molecule has 1 unspecified atom stereocenters. The summed E-state index contributed by atoms with van der Waals surface area (Å²) in [5, 5.41) is 2.66. The number of benzene rings is 2. The predicted molar refractivity (Wildman–Crippen MR) is 107 cm³/mol. The van der Waals surface area contributed by atoms with Crippen LogP contribution in [-0.4, -0.2) is 50.0 Å². The van der Waals surface area contributed by atoms with Crippen LogP contribution in [0.25, 0.3) is 0 Å². The van der Waals surface area contributed by atoms with Crippen LogP contribution in [0.4, 0.5) is 15.8 Å². The lowest BCUT2D eigenvalue weighted by Crippen LogP contribution is -2.46. The third-order valence-corrected chi connectivity index (χ3v) is 4.70. The van der Waals surface area contributed by atoms with E-state index >= 15 is 0 Å². The van der Waals surface area contributed by atoms with Gasteiger partial charge in [0.15, 0.2) is 6.10 Å². The number of carbonyl (C=O) groups is 2. The first-order valence-corrected chi connectivity index (χ1v) is 9.18. The molecule has 8 heteroatoms. The van der Waals surface area contributed by atoms with Crippen molar-refractivity contribution >= 4 is 34.8 Å². The predicted octanol–water partition coefficient (Wildman–Crippen LogP) is 3.41. The van der Waals surface area contributed by atoms with E-state index in [1.807, 2.05) is 19.0 Å². The van der Waals surface area contributed by atoms with Crippen molar-refractivity contribution in [3.05, 3.63) is 52.8 Å². The number of carbonyl (C=O) groups excluding carboxylic acids is 2. The Kier molecular flexibility index (Phi) is 5.86. The zero-order valence-corrected chi connectivity index (χ0v) is 16.6. The average molecular weight is 406 g/mol. The van der Waals surface area contributed by atoms with Gasteiger partial charge in [0.2, 0.25) is 0 Å². The molecule has 1 aliphatic rings. The van der Waals surface area contributed by atoms with Crippen molar-refractivity contribution in [1.29, 1.82) is 0 Å². The van der Waals surface area contributed by atoms with E-state index in [0.29, 0.717) is 30.2 Å². The fraction of sp³-hybridized carbons (Fsp3) is 0.300. The maximum atomic E-state index is 14.0. The van der Waals surface area contributed by atoms with Crippen LogP contribution in [-0.2, 0) is 4.79 Å². The molecule has 3 rings (SSSR count). The Labute approximate surface area is 167 Å². The van der Waals surface area contributed by atoms with E-state index in [1.165, 1.54) is 18.2 Å². The Bertz CT molecular complexity index is 899. The monoisotopic (exact) mass is 405 g/mol. The lowest BCUT2D eigenvalue weighted by molar-refractivity contribution is -0.125. The normalized spacial score (nSPS) is 16.0. The van der Waals surface area contributed by atoms with Crippen molar-refractivity contribution in [2.24, 2.45) is 0 Å². The first-order chi connectivity index (χ1) is 13.3. The molecule has 6 nitrogen and oxygen atoms in total. The van der Waals surface area contributed by atoms with E-state index in [4.69, 9.17) is 16.3 Å². The fourth-order valence-corrected chi connectivity index (χ4v) is 3.17. The number of amides is 2. The molecule has 2 amide bonds. The molecule has 0 spiro atoms. The second-order valence-electron chi connectivity index (χ2n) is 6.79. The summed E-state index contributed by atoms with van der Waals surface area (Å²) in [5.41, 5.74) is 0.735. The van der Waals surface area contributed by atoms with Gasteiger partial charge in [-0.1, -0.05) is 17.7 Å². The summed E-state index contributed by atoms with van der Waals surface area (Å²) in [5.74, 6) is -0.982. The summed E-state index contributed by atoms with van der Waals surface area (Å²) >= 11 is 5.96. The van der Waals surface area contributed by atoms with Gasteiger partial charge in [-0.25, -0.2) is 4.39 Å². The zero-order valence-electron chi connectivity index (χ0n) is 15.8. The SMILES string of the molecule is CC1Oc2ccc(NC(=O)c3c(F)cccc3Cl)cc2N(CCN(C)C)C1=O. The van der Waals surface area contributed by atoms with Crippen LogP contribution in [0.1, 0.15) is 17.3 Å². The summed E-state index contributed by atoms with van der Waals surface area (Å²) in [4.78, 5) is 28.7. The quantitative estimate of drug-likeness (QED) is 0.828. The van der Waals surface area contributed by atoms with Crippen LogP contribution in [0.15, 0.2) is 36.4 Å². The molecule has 0 aliphatic carbocycles. The van der Waals surface area contributed by atoms with E-state index in [9.17, 15) is 14.0 Å². The highest BCUT2D eigenvalue weighted by molar-refractivity contribution is 6.34. The largest absolute Gasteiger partial charge is 0.479 e. The summed E-state index contributed by atoms with van der Waals surface area (Å²) < 4.78 is 19.7. The first kappa shape index (κ1) is 20.1. The minimum Gasteiger partial charge on any atom is -0.479 e. The minimum absolute atomic E-state index is 0.0235. The van der Waals surface area contributed by atoms with Gasteiger partial charge in [0.1, 0.15) is 11.6 Å². The van der Waals surface area contributed by atoms with Crippen LogP contribution < -0.4 is 15.0 Å². The molecule has 1 heterocycles. The highest BCUT2D eigenvalue weighted by Gasteiger charge is 2.31. The molecule has 2 aromatic carbocycles. The van der Waals surface area contributed by atoms with E-state index in [2.05, 4.69) is 5.32 Å². The van der Waals surface area contributed by atoms with Gasteiger partial charge in [-0.05, 0) is 51.4 Å². The second-order valence-corrected chi connectivity index (χ2v) is 7.19. The molecule has 1 aliphatic heterocycles. The van der Waals surface area contributed by atoms with Gasteiger partial charge in [0.25, 0.3) is 11.8 Å². The fourth-order valence-electron chi connectivity index (χ4n) is 2.92. The molecule has 1 N–H and O–H groups in total. The van der Waals surface area contributed by atoms with Gasteiger partial charge < -0.3 is 19.9 Å². The highest BCUT2D eigenvalue weighted by Crippen LogP contribution is 2.36. The number of ether oxygens (including phenoxy) is 1. The Balaban J connectivity index is 1.89. The third kappa shape index (κ3) is 4.10. The second kappa shape index (κ2) is 8.16. The molecular weight excluding hydrogens is 385 g/mol. The van der Waals surface area contributed by atoms with Gasteiger partial charge in [-0.2, -0.15) is 0 Å². The van der Waals surface area contributed by atoms with Crippen LogP contribution in [0, 0.1) is 5.82 Å². The van der Waals surface area contributed by atoms with Gasteiger partial charge in [0.05, 0.1) is 16.3 Å². The van der Waals surface area contributed by atoms with Crippen LogP contribution in [0.3, 0.4) is 0 Å². The Hall–Kier alpha value is -2.64. The number of fused-ring (bicyclic) bond motifs is 1. The van der Waals surface area contributed by atoms with Crippen molar-refractivity contribution in [1.82, 2.24) is 4.90 Å². The number of nitrogens with zero attached hydrogens (tertiary/aromatic N) is 2. The Morgan fingerprint density at radius 1 is 1.32 bits per heavy atom. The van der Waals surface area contributed by atoms with E-state index < -0.39 is 17.8 Å². The lowest BCUT2D eigenvalue weighted by Gasteiger charge is -2.34. The molecule has 0 fully saturated rings. The summed E-state index contributed by atoms with van der Waals surface area (Å²) in [6.07, 6.45) is -0.590. The number of rotatable bonds is 5. The number of nitrogens with one attached hydrogen (secondary N) is 1. The lowest BCUT2D eigenvalue weighted by atomic mass is 10.1. The number of hydrogen-bond donors (Lipinski definition) is 1. The van der Waals surface area contributed by atoms with Crippen LogP contribution in [0.5, 0.6) is 5.75 Å². The molecule has 2 aromatic rings. The summed E-state index contributed by atoms with van der Waals surface area (Å²) in [7, 11) is 3.84. The first-order valence-electron chi connectivity index (χ1n) is 8.80. The van der Waals surface area contributed by atoms with Crippen molar-refractivity contribution in [3.8, 4) is 5.75 Å². The van der Waals surface area contributed by atoms with Crippen LogP contribution >= 0.6 is 11.6 Å². The summed E-state index contributed by atoms with van der Waals surface area (Å²) in [6.45, 7) is 2.84. The third-order valence-electron chi connectivity index (χ3n) is 4.39. The van der Waals surface area contributed by atoms with Gasteiger partial charge in [-0.3, -0.25) is 9.59 Å². The minimum atomic E-state index is -0.706. The maximum absolute atomic E-state index is 14.0. The number of anilines is 2. The van der Waals surface area contributed by atoms with Gasteiger partial charge >= 0.3 is 0 Å². The molecule has 0 saturated heterocycles. The van der Waals surface area contributed by atoms with E-state index in [0.717, 1.165) is 0 Å². The molecule has 0 saturated carbocycles. The maximum Gasteiger partial charge on any atom is 0.267 e. The van der Waals surface area contributed by atoms with Crippen molar-refractivity contribution < 1.29 is 18.7 Å². The Morgan fingerprint density at radius 2 is 2.07 bits per heavy atom. The molecule has 148 valence electrons. The number of halogens is 2. The van der Waals surface area contributed by atoms with Gasteiger partial charge in [0, 0.05) is 18.8 Å². The molecule has 0 radical (unpaired) electrons. The zero-order chi connectivity index (χ0) is 20.4. The van der Waals surface area contributed by atoms with E-state index in [1.54, 1.807) is 30.0 Å². The van der Waals surface area contributed by atoms with Crippen LogP contribution in [0.2, 0.25) is 5.02 Å². The van der Waals surface area contributed by atoms with Crippen molar-refractivity contribution in [3.63, 3.8) is 0 Å². The van der Waals surface area contributed by atoms with E-state index in [-0.39, 0.29) is 16.5 Å². The standard InChI is InChI=1S/C20H21ClFN3O3/c1-12-20(27)25(10-9-24(2)3)16-11-13(7-8-17(16)28-12)23-19(26)18-14(21)5-4-6-15(18)22/h4-8,11-12H,9-10H2,1-3H3,(H,23,26). The van der Waals surface area contributed by atoms with Gasteiger partial charge in [-0.15, -0.1) is 0 Å². The number of hydrogen-bond acceptors (Lipinski definition) is 4. The molecule has 28 heavy (non-hydrogen) atoms. The topological polar surface area (TPSA) is 61.9 Å². The summed E-state index contributed by atoms with van der Waals surface area (Å²) in [6, 6.07) is 9.01. The smallest absolute Gasteiger partial charge is 0.267 e. The molecular formula is C20H21ClFN3O3. The Morgan fingerprint density at radius 3 is 2.75 bits per heavy atom. The highest BCUT2D eigenvalue weighted by atomic mass is 35.5. The number of likely N-dealkylation sites (N-methyl/N-ethyl adjacent to an activating group) is 1.